The smallest absolute Gasteiger partial charge is 0.0948 e. The molecule has 1 unspecified atom stereocenters. The molecule has 2 heterocycles. The van der Waals surface area contributed by atoms with E-state index in [1.54, 1.807) is 0 Å². The molecule has 0 spiro atoms. The molecule has 1 saturated heterocycles. The predicted octanol–water partition coefficient (Wildman–Crippen LogP) is 0.699. The summed E-state index contributed by atoms with van der Waals surface area (Å²) in [6, 6.07) is 0. The van der Waals surface area contributed by atoms with Crippen LogP contribution in [0.25, 0.3) is 0 Å². The zero-order valence-electron chi connectivity index (χ0n) is 9.15. The number of aryl methyl sites for hydroxylation is 1. The van der Waals surface area contributed by atoms with Gasteiger partial charge >= 0.3 is 0 Å². The molecule has 1 aliphatic rings. The Morgan fingerprint density at radius 3 is 3.27 bits per heavy atom. The van der Waals surface area contributed by atoms with Crippen LogP contribution in [0.4, 0.5) is 0 Å². The van der Waals surface area contributed by atoms with Crippen molar-refractivity contribution in [2.24, 2.45) is 5.73 Å². The molecule has 0 saturated carbocycles. The average molecular weight is 208 g/mol. The van der Waals surface area contributed by atoms with Crippen molar-refractivity contribution in [3.63, 3.8) is 0 Å². The van der Waals surface area contributed by atoms with E-state index in [1.807, 2.05) is 12.5 Å². The van der Waals surface area contributed by atoms with Gasteiger partial charge in [0.15, 0.2) is 0 Å². The molecule has 1 aliphatic heterocycles. The number of nitrogens with zero attached hydrogens (tertiary/aromatic N) is 2. The van der Waals surface area contributed by atoms with Crippen molar-refractivity contribution in [1.82, 2.24) is 14.9 Å². The molecule has 4 heteroatoms. The molecule has 1 aromatic heterocycles. The Hall–Kier alpha value is -0.870. The second-order valence-electron chi connectivity index (χ2n) is 4.20. The van der Waals surface area contributed by atoms with Crippen LogP contribution in [0.15, 0.2) is 12.5 Å². The van der Waals surface area contributed by atoms with Crippen molar-refractivity contribution in [3.05, 3.63) is 18.2 Å². The van der Waals surface area contributed by atoms with Crippen molar-refractivity contribution in [2.45, 2.75) is 31.7 Å². The van der Waals surface area contributed by atoms with Crippen LogP contribution in [0, 0.1) is 0 Å². The lowest BCUT2D eigenvalue weighted by atomic mass is 9.96. The third kappa shape index (κ3) is 2.58. The Morgan fingerprint density at radius 1 is 1.60 bits per heavy atom. The topological polar surface area (TPSA) is 55.9 Å². The highest BCUT2D eigenvalue weighted by atomic mass is 15.1. The molecule has 15 heavy (non-hydrogen) atoms. The summed E-state index contributed by atoms with van der Waals surface area (Å²) in [7, 11) is 0. The first kappa shape index (κ1) is 10.6. The summed E-state index contributed by atoms with van der Waals surface area (Å²) >= 11 is 0. The number of imidazole rings is 1. The van der Waals surface area contributed by atoms with E-state index in [1.165, 1.54) is 18.5 Å². The van der Waals surface area contributed by atoms with Crippen LogP contribution in [0.2, 0.25) is 0 Å². The quantitative estimate of drug-likeness (QED) is 0.766. The normalized spacial score (nSPS) is 21.8. The number of piperidine rings is 1. The van der Waals surface area contributed by atoms with E-state index in [0.29, 0.717) is 5.92 Å². The molecule has 0 bridgehead atoms. The fourth-order valence-corrected chi connectivity index (χ4v) is 2.22. The van der Waals surface area contributed by atoms with Gasteiger partial charge < -0.3 is 15.6 Å². The Balaban J connectivity index is 2.02. The monoisotopic (exact) mass is 208 g/mol. The van der Waals surface area contributed by atoms with Crippen LogP contribution in [0.1, 0.15) is 30.9 Å². The molecule has 1 aromatic rings. The number of aromatic nitrogens is 2. The van der Waals surface area contributed by atoms with Gasteiger partial charge in [-0.3, -0.25) is 0 Å². The van der Waals surface area contributed by atoms with E-state index in [9.17, 15) is 0 Å². The summed E-state index contributed by atoms with van der Waals surface area (Å²) in [6.07, 6.45) is 7.52. The van der Waals surface area contributed by atoms with Crippen LogP contribution in [-0.4, -0.2) is 29.2 Å². The second-order valence-corrected chi connectivity index (χ2v) is 4.20. The molecule has 1 fully saturated rings. The van der Waals surface area contributed by atoms with E-state index < -0.39 is 0 Å². The molecule has 0 aromatic carbocycles. The molecule has 4 nitrogen and oxygen atoms in total. The minimum atomic E-state index is 0.638. The first-order valence-corrected chi connectivity index (χ1v) is 5.82. The standard InChI is InChI=1S/C11H20N4/c12-4-2-6-15-9-14-8-11(15)10-3-1-5-13-7-10/h8-10,13H,1-7,12H2. The summed E-state index contributed by atoms with van der Waals surface area (Å²) in [4.78, 5) is 4.24. The van der Waals surface area contributed by atoms with Gasteiger partial charge in [-0.2, -0.15) is 0 Å². The van der Waals surface area contributed by atoms with Crippen molar-refractivity contribution in [3.8, 4) is 0 Å². The zero-order valence-corrected chi connectivity index (χ0v) is 9.15. The van der Waals surface area contributed by atoms with Gasteiger partial charge in [0.25, 0.3) is 0 Å². The van der Waals surface area contributed by atoms with E-state index >= 15 is 0 Å². The summed E-state index contributed by atoms with van der Waals surface area (Å²) in [5, 5.41) is 3.44. The van der Waals surface area contributed by atoms with Crippen LogP contribution in [-0.2, 0) is 6.54 Å². The van der Waals surface area contributed by atoms with Crippen molar-refractivity contribution < 1.29 is 0 Å². The lowest BCUT2D eigenvalue weighted by Gasteiger charge is -2.23. The van der Waals surface area contributed by atoms with Crippen molar-refractivity contribution in [2.75, 3.05) is 19.6 Å². The number of nitrogens with one attached hydrogen (secondary N) is 1. The molecule has 3 N–H and O–H groups in total. The predicted molar refractivity (Wildman–Crippen MR) is 60.7 cm³/mol. The molecule has 2 rings (SSSR count). The molecule has 84 valence electrons. The van der Waals surface area contributed by atoms with Gasteiger partial charge in [0.2, 0.25) is 0 Å². The van der Waals surface area contributed by atoms with Gasteiger partial charge in [0.05, 0.1) is 6.33 Å². The average Bonchev–Trinajstić information content (AvgIpc) is 2.75. The molecule has 1 atom stereocenters. The number of rotatable bonds is 4. The summed E-state index contributed by atoms with van der Waals surface area (Å²) in [5.41, 5.74) is 6.90. The molecule has 0 aliphatic carbocycles. The summed E-state index contributed by atoms with van der Waals surface area (Å²) in [5.74, 6) is 0.638. The summed E-state index contributed by atoms with van der Waals surface area (Å²) < 4.78 is 2.25. The molecular formula is C11H20N4. The number of hydrogen-bond acceptors (Lipinski definition) is 3. The van der Waals surface area contributed by atoms with Crippen LogP contribution >= 0.6 is 0 Å². The van der Waals surface area contributed by atoms with Gasteiger partial charge in [-0.05, 0) is 32.4 Å². The summed E-state index contributed by atoms with van der Waals surface area (Å²) in [6.45, 7) is 4.00. The first-order chi connectivity index (χ1) is 7.42. The minimum absolute atomic E-state index is 0.638. The van der Waals surface area contributed by atoms with E-state index in [4.69, 9.17) is 5.73 Å². The maximum Gasteiger partial charge on any atom is 0.0948 e. The molecule has 0 radical (unpaired) electrons. The minimum Gasteiger partial charge on any atom is -0.334 e. The van der Waals surface area contributed by atoms with E-state index in [2.05, 4.69) is 14.9 Å². The molecule has 0 amide bonds. The Labute approximate surface area is 90.9 Å². The van der Waals surface area contributed by atoms with Gasteiger partial charge in [0.1, 0.15) is 0 Å². The maximum atomic E-state index is 5.53. The van der Waals surface area contributed by atoms with Crippen molar-refractivity contribution in [1.29, 1.82) is 0 Å². The lowest BCUT2D eigenvalue weighted by molar-refractivity contribution is 0.438. The highest BCUT2D eigenvalue weighted by Crippen LogP contribution is 2.22. The fourth-order valence-electron chi connectivity index (χ4n) is 2.22. The second kappa shape index (κ2) is 5.28. The van der Waals surface area contributed by atoms with Crippen LogP contribution < -0.4 is 11.1 Å². The first-order valence-electron chi connectivity index (χ1n) is 5.82. The highest BCUT2D eigenvalue weighted by molar-refractivity contribution is 5.08. The SMILES string of the molecule is NCCCn1cncc1C1CCCNC1. The number of nitrogens with two attached hydrogens (primary N) is 1. The molecular weight excluding hydrogens is 188 g/mol. The highest BCUT2D eigenvalue weighted by Gasteiger charge is 2.18. The third-order valence-electron chi connectivity index (χ3n) is 3.06. The van der Waals surface area contributed by atoms with E-state index in [-0.39, 0.29) is 0 Å². The third-order valence-corrected chi connectivity index (χ3v) is 3.06. The van der Waals surface area contributed by atoms with Crippen molar-refractivity contribution >= 4 is 0 Å². The Kier molecular flexibility index (Phi) is 3.75. The van der Waals surface area contributed by atoms with Gasteiger partial charge in [-0.1, -0.05) is 0 Å². The maximum absolute atomic E-state index is 5.53. The van der Waals surface area contributed by atoms with Crippen LogP contribution in [0.5, 0.6) is 0 Å². The Bertz CT molecular complexity index is 289. The van der Waals surface area contributed by atoms with Gasteiger partial charge in [0, 0.05) is 30.9 Å². The largest absolute Gasteiger partial charge is 0.334 e. The van der Waals surface area contributed by atoms with Gasteiger partial charge in [-0.25, -0.2) is 4.98 Å². The van der Waals surface area contributed by atoms with Crippen LogP contribution in [0.3, 0.4) is 0 Å². The number of hydrogen-bond donors (Lipinski definition) is 2. The Morgan fingerprint density at radius 2 is 2.53 bits per heavy atom. The van der Waals surface area contributed by atoms with E-state index in [0.717, 1.165) is 32.6 Å². The zero-order chi connectivity index (χ0) is 10.5. The van der Waals surface area contributed by atoms with Gasteiger partial charge in [-0.15, -0.1) is 0 Å². The lowest BCUT2D eigenvalue weighted by Crippen LogP contribution is -2.29. The fraction of sp³-hybridized carbons (Fsp3) is 0.727.